The summed E-state index contributed by atoms with van der Waals surface area (Å²) in [6.45, 7) is 2.58. The number of aryl methyl sites for hydroxylation is 1. The van der Waals surface area contributed by atoms with Crippen LogP contribution in [0.1, 0.15) is 20.2 Å². The molecule has 2 aromatic heterocycles. The largest absolute Gasteiger partial charge is 0.478 e. The minimum Gasteiger partial charge on any atom is -0.478 e. The van der Waals surface area contributed by atoms with Crippen LogP contribution in [-0.4, -0.2) is 20.6 Å². The maximum absolute atomic E-state index is 10.8. The van der Waals surface area contributed by atoms with E-state index in [4.69, 9.17) is 5.11 Å². The van der Waals surface area contributed by atoms with Crippen LogP contribution in [0.5, 0.6) is 0 Å². The fourth-order valence-electron chi connectivity index (χ4n) is 1.36. The lowest BCUT2D eigenvalue weighted by molar-refractivity contribution is 0.0697. The highest BCUT2D eigenvalue weighted by Gasteiger charge is 2.10. The third kappa shape index (κ3) is 2.33. The summed E-state index contributed by atoms with van der Waals surface area (Å²) >= 11 is 4.94. The predicted octanol–water partition coefficient (Wildman–Crippen LogP) is 2.76. The van der Waals surface area contributed by atoms with Crippen molar-refractivity contribution < 1.29 is 9.90 Å². The molecule has 2 heterocycles. The molecule has 4 nitrogen and oxygen atoms in total. The van der Waals surface area contributed by atoms with Crippen LogP contribution < -0.4 is 0 Å². The monoisotopic (exact) mass is 300 g/mol. The van der Waals surface area contributed by atoms with Gasteiger partial charge in [-0.2, -0.15) is 0 Å². The van der Waals surface area contributed by atoms with Crippen molar-refractivity contribution in [1.82, 2.24) is 9.55 Å². The van der Waals surface area contributed by atoms with Gasteiger partial charge in [0.15, 0.2) is 0 Å². The van der Waals surface area contributed by atoms with Crippen LogP contribution in [0.15, 0.2) is 23.1 Å². The van der Waals surface area contributed by atoms with Crippen molar-refractivity contribution in [3.05, 3.63) is 38.5 Å². The SMILES string of the molecule is Cc1ncc(Cn2cc(C(=O)O)cc2Br)s1. The number of hydrogen-bond acceptors (Lipinski definition) is 3. The van der Waals surface area contributed by atoms with Gasteiger partial charge in [-0.05, 0) is 28.9 Å². The molecule has 0 aliphatic rings. The number of carboxylic acids is 1. The lowest BCUT2D eigenvalue weighted by atomic mass is 10.4. The molecule has 0 saturated carbocycles. The highest BCUT2D eigenvalue weighted by Crippen LogP contribution is 2.19. The van der Waals surface area contributed by atoms with Crippen molar-refractivity contribution in [2.45, 2.75) is 13.5 Å². The summed E-state index contributed by atoms with van der Waals surface area (Å²) in [6, 6.07) is 1.59. The summed E-state index contributed by atoms with van der Waals surface area (Å²) in [7, 11) is 0. The Morgan fingerprint density at radius 1 is 1.69 bits per heavy atom. The molecule has 0 unspecified atom stereocenters. The van der Waals surface area contributed by atoms with Gasteiger partial charge in [0.2, 0.25) is 0 Å². The van der Waals surface area contributed by atoms with E-state index in [0.717, 1.165) is 14.5 Å². The molecule has 0 aliphatic carbocycles. The van der Waals surface area contributed by atoms with E-state index in [2.05, 4.69) is 20.9 Å². The molecule has 0 fully saturated rings. The zero-order valence-corrected chi connectivity index (χ0v) is 10.9. The number of hydrogen-bond donors (Lipinski definition) is 1. The second-order valence-electron chi connectivity index (χ2n) is 3.33. The number of aromatic carboxylic acids is 1. The number of rotatable bonds is 3. The minimum atomic E-state index is -0.917. The zero-order chi connectivity index (χ0) is 11.7. The fourth-order valence-corrected chi connectivity index (χ4v) is 2.63. The van der Waals surface area contributed by atoms with Crippen LogP contribution in [0, 0.1) is 6.92 Å². The van der Waals surface area contributed by atoms with Crippen molar-refractivity contribution in [3.8, 4) is 0 Å². The molecular weight excluding hydrogens is 292 g/mol. The van der Waals surface area contributed by atoms with Crippen molar-refractivity contribution in [1.29, 1.82) is 0 Å². The van der Waals surface area contributed by atoms with Crippen LogP contribution in [-0.2, 0) is 6.54 Å². The maximum atomic E-state index is 10.8. The summed E-state index contributed by atoms with van der Waals surface area (Å²) in [5.41, 5.74) is 0.285. The second kappa shape index (κ2) is 4.39. The molecule has 0 amide bonds. The molecule has 0 radical (unpaired) electrons. The van der Waals surface area contributed by atoms with E-state index in [-0.39, 0.29) is 5.56 Å². The standard InChI is InChI=1S/C10H9BrN2O2S/c1-6-12-3-8(16-6)5-13-4-7(10(14)15)2-9(13)11/h2-4H,5H2,1H3,(H,14,15). The first-order chi connectivity index (χ1) is 7.56. The first-order valence-corrected chi connectivity index (χ1v) is 6.17. The van der Waals surface area contributed by atoms with E-state index in [9.17, 15) is 4.79 Å². The molecule has 0 atom stereocenters. The van der Waals surface area contributed by atoms with Crippen molar-refractivity contribution in [2.24, 2.45) is 0 Å². The number of carbonyl (C=O) groups is 1. The van der Waals surface area contributed by atoms with Gasteiger partial charge in [0.05, 0.1) is 21.7 Å². The zero-order valence-electron chi connectivity index (χ0n) is 8.48. The number of aromatic nitrogens is 2. The molecule has 0 aromatic carbocycles. The third-order valence-corrected chi connectivity index (χ3v) is 3.67. The van der Waals surface area contributed by atoms with Crippen molar-refractivity contribution in [2.75, 3.05) is 0 Å². The van der Waals surface area contributed by atoms with Crippen molar-refractivity contribution >= 4 is 33.2 Å². The van der Waals surface area contributed by atoms with E-state index in [1.54, 1.807) is 23.6 Å². The van der Waals surface area contributed by atoms with Crippen LogP contribution in [0.4, 0.5) is 0 Å². The van der Waals surface area contributed by atoms with Crippen molar-refractivity contribution in [3.63, 3.8) is 0 Å². The molecule has 16 heavy (non-hydrogen) atoms. The van der Waals surface area contributed by atoms with Gasteiger partial charge in [0.25, 0.3) is 0 Å². The first-order valence-electron chi connectivity index (χ1n) is 4.56. The fraction of sp³-hybridized carbons (Fsp3) is 0.200. The van der Waals surface area contributed by atoms with Gasteiger partial charge in [-0.1, -0.05) is 0 Å². The van der Waals surface area contributed by atoms with E-state index < -0.39 is 5.97 Å². The molecule has 0 bridgehead atoms. The minimum absolute atomic E-state index is 0.285. The topological polar surface area (TPSA) is 55.1 Å². The van der Waals surface area contributed by atoms with Gasteiger partial charge < -0.3 is 9.67 Å². The normalized spacial score (nSPS) is 10.6. The molecule has 6 heteroatoms. The van der Waals surface area contributed by atoms with E-state index in [1.807, 2.05) is 17.7 Å². The Morgan fingerprint density at radius 3 is 2.94 bits per heavy atom. The molecule has 2 aromatic rings. The first kappa shape index (κ1) is 11.3. The Hall–Kier alpha value is -1.14. The Balaban J connectivity index is 2.24. The molecule has 84 valence electrons. The lowest BCUT2D eigenvalue weighted by Crippen LogP contribution is -1.97. The van der Waals surface area contributed by atoms with Crippen LogP contribution in [0.3, 0.4) is 0 Å². The van der Waals surface area contributed by atoms with Crippen LogP contribution >= 0.6 is 27.3 Å². The predicted molar refractivity (Wildman–Crippen MR) is 65.0 cm³/mol. The summed E-state index contributed by atoms with van der Waals surface area (Å²) in [5.74, 6) is -0.917. The number of thiazole rings is 1. The molecular formula is C10H9BrN2O2S. The summed E-state index contributed by atoms with van der Waals surface area (Å²) in [6.07, 6.45) is 3.42. The van der Waals surface area contributed by atoms with Crippen LogP contribution in [0.25, 0.3) is 0 Å². The number of halogens is 1. The number of carboxylic acid groups (broad SMARTS) is 1. The smallest absolute Gasteiger partial charge is 0.337 e. The molecule has 0 aliphatic heterocycles. The summed E-state index contributed by atoms with van der Waals surface area (Å²) in [5, 5.41) is 9.86. The quantitative estimate of drug-likeness (QED) is 0.948. The van der Waals surface area contributed by atoms with Gasteiger partial charge in [-0.25, -0.2) is 9.78 Å². The molecule has 2 rings (SSSR count). The Labute approximate surface area is 105 Å². The molecule has 0 saturated heterocycles. The Bertz CT molecular complexity index is 533. The Kier molecular flexibility index (Phi) is 3.11. The van der Waals surface area contributed by atoms with Gasteiger partial charge in [-0.3, -0.25) is 0 Å². The number of nitrogens with zero attached hydrogens (tertiary/aromatic N) is 2. The van der Waals surface area contributed by atoms with E-state index >= 15 is 0 Å². The average Bonchev–Trinajstić information content (AvgIpc) is 2.75. The highest BCUT2D eigenvalue weighted by molar-refractivity contribution is 9.10. The average molecular weight is 301 g/mol. The van der Waals surface area contributed by atoms with Gasteiger partial charge in [-0.15, -0.1) is 11.3 Å². The summed E-state index contributed by atoms with van der Waals surface area (Å²) in [4.78, 5) is 16.0. The third-order valence-electron chi connectivity index (χ3n) is 2.09. The highest BCUT2D eigenvalue weighted by atomic mass is 79.9. The lowest BCUT2D eigenvalue weighted by Gasteiger charge is -2.00. The van der Waals surface area contributed by atoms with Gasteiger partial charge in [0, 0.05) is 17.3 Å². The van der Waals surface area contributed by atoms with Gasteiger partial charge in [0.1, 0.15) is 0 Å². The second-order valence-corrected chi connectivity index (χ2v) is 5.46. The summed E-state index contributed by atoms with van der Waals surface area (Å²) < 4.78 is 2.60. The maximum Gasteiger partial charge on any atom is 0.337 e. The molecule has 0 spiro atoms. The molecule has 1 N–H and O–H groups in total. The van der Waals surface area contributed by atoms with E-state index in [0.29, 0.717) is 6.54 Å². The van der Waals surface area contributed by atoms with Crippen LogP contribution in [0.2, 0.25) is 0 Å². The van der Waals surface area contributed by atoms with Gasteiger partial charge >= 0.3 is 5.97 Å². The van der Waals surface area contributed by atoms with E-state index in [1.165, 1.54) is 0 Å². The Morgan fingerprint density at radius 2 is 2.44 bits per heavy atom.